The average molecular weight is 1430 g/mol. The lowest BCUT2D eigenvalue weighted by molar-refractivity contribution is -0.385. The molecule has 0 aliphatic heterocycles. The largest absolute Gasteiger partial charge is 0.493 e. The van der Waals surface area contributed by atoms with Crippen molar-refractivity contribution in [1.29, 1.82) is 0 Å². The number of carbonyl (C=O) groups excluding carboxylic acids is 4. The van der Waals surface area contributed by atoms with E-state index >= 15 is 0 Å². The van der Waals surface area contributed by atoms with Crippen molar-refractivity contribution in [3.05, 3.63) is 231 Å². The Hall–Kier alpha value is -12.4. The molecule has 0 spiro atoms. The molecule has 544 valence electrons. The van der Waals surface area contributed by atoms with Gasteiger partial charge in [0.25, 0.3) is 22.7 Å². The van der Waals surface area contributed by atoms with Crippen LogP contribution in [0.4, 0.5) is 64.7 Å². The van der Waals surface area contributed by atoms with Crippen molar-refractivity contribution in [2.75, 3.05) is 47.7 Å². The lowest BCUT2D eigenvalue weighted by Gasteiger charge is -2.25. The molecule has 0 saturated heterocycles. The van der Waals surface area contributed by atoms with Gasteiger partial charge in [-0.2, -0.15) is 0 Å². The molecule has 4 amide bonds. The molecule has 1 aliphatic carbocycles. The molecule has 4 N–H and O–H groups in total. The predicted octanol–water partition coefficient (Wildman–Crippen LogP) is 18.7. The van der Waals surface area contributed by atoms with Crippen molar-refractivity contribution in [2.45, 2.75) is 130 Å². The molecule has 1 aliphatic rings. The van der Waals surface area contributed by atoms with E-state index < -0.39 is 44.1 Å². The highest BCUT2D eigenvalue weighted by molar-refractivity contribution is 5.90. The summed E-state index contributed by atoms with van der Waals surface area (Å²) in [6.07, 6.45) is 5.07. The minimum atomic E-state index is -0.961. The van der Waals surface area contributed by atoms with Crippen LogP contribution in [0.1, 0.15) is 149 Å². The molecule has 28 nitrogen and oxygen atoms in total. The van der Waals surface area contributed by atoms with Crippen LogP contribution in [0.2, 0.25) is 0 Å². The van der Waals surface area contributed by atoms with Gasteiger partial charge in [0, 0.05) is 141 Å². The van der Waals surface area contributed by atoms with E-state index in [1.807, 2.05) is 0 Å². The summed E-state index contributed by atoms with van der Waals surface area (Å²) >= 11 is 0. The van der Waals surface area contributed by atoms with Crippen molar-refractivity contribution in [3.63, 3.8) is 0 Å². The molecule has 0 aromatic heterocycles. The summed E-state index contributed by atoms with van der Waals surface area (Å²) in [5.74, 6) is 1.53. The molecule has 8 aromatic carbocycles. The quantitative estimate of drug-likeness (QED) is 0.0173. The maximum absolute atomic E-state index is 14.2. The number of unbranched alkanes of at least 4 members (excludes halogenated alkanes) is 8. The number of ether oxygens (including phenoxy) is 8. The average Bonchev–Trinajstić information content (AvgIpc) is 0.773. The van der Waals surface area contributed by atoms with E-state index in [4.69, 9.17) is 37.9 Å². The minimum Gasteiger partial charge on any atom is -0.493 e. The molecule has 0 unspecified atom stereocenters. The van der Waals surface area contributed by atoms with Crippen molar-refractivity contribution in [3.8, 4) is 46.0 Å². The number of nitro benzene ring substituents is 4. The van der Waals surface area contributed by atoms with E-state index in [1.54, 1.807) is 48.5 Å². The number of anilines is 4. The Kier molecular flexibility index (Phi) is 27.2. The van der Waals surface area contributed by atoms with Gasteiger partial charge in [-0.15, -0.1) is 0 Å². The Morgan fingerprint density at radius 3 is 0.625 bits per heavy atom. The third-order valence-electron chi connectivity index (χ3n) is 16.5. The molecule has 0 fully saturated rings. The van der Waals surface area contributed by atoms with E-state index in [-0.39, 0.29) is 121 Å². The second-order valence-electron chi connectivity index (χ2n) is 24.5. The van der Waals surface area contributed by atoms with Gasteiger partial charge in [-0.3, -0.25) is 61.7 Å². The fourth-order valence-electron chi connectivity index (χ4n) is 11.6. The van der Waals surface area contributed by atoms with Crippen molar-refractivity contribution < 1.29 is 76.8 Å². The van der Waals surface area contributed by atoms with Gasteiger partial charge in [-0.1, -0.05) is 79.1 Å². The number of non-ortho nitro benzene ring substituents is 4. The van der Waals surface area contributed by atoms with Crippen LogP contribution in [0.5, 0.6) is 46.0 Å². The zero-order valence-electron chi connectivity index (χ0n) is 58.0. The fourth-order valence-corrected chi connectivity index (χ4v) is 11.6. The summed E-state index contributed by atoms with van der Waals surface area (Å²) in [6, 6.07) is 33.5. The van der Waals surface area contributed by atoms with Gasteiger partial charge in [0.1, 0.15) is 46.0 Å². The number of fused-ring (bicyclic) bond motifs is 8. The standard InChI is InChI=1S/C76H80N8O20/c1-5-9-13-33-97-69-49-37-51-43-58(78-74(86)102-66-27-19-62(20-28-66)82(91)92)45-53(70(51)98-34-14-10-6-2)39-55-47-60(80-76(88)104-68-31-23-64(24-32-68)84(95)96)48-56(72(55)100-36-16-12-8-4)40-54-46-59(79-75(87)103-67-29-21-63(22-30-67)83(93)94)44-52(71(54)99-35-15-11-7-3)38-50(69)42-57(41-49)77-73(85)101-65-25-17-61(18-26-65)81(89)90/h17-32,41-48H,5-16,33-40H2,1-4H3,(H,77,85)(H,78,86)(H,79,87)(H,80,88). The first-order valence-corrected chi connectivity index (χ1v) is 34.3. The molecular weight excluding hydrogens is 1340 g/mol. The van der Waals surface area contributed by atoms with Crippen molar-refractivity contribution in [1.82, 2.24) is 0 Å². The minimum absolute atomic E-state index is 0.00192. The van der Waals surface area contributed by atoms with E-state index in [0.717, 1.165) is 51.4 Å². The second-order valence-corrected chi connectivity index (χ2v) is 24.5. The van der Waals surface area contributed by atoms with Crippen molar-refractivity contribution in [2.24, 2.45) is 0 Å². The third kappa shape index (κ3) is 21.8. The van der Waals surface area contributed by atoms with Crippen LogP contribution in [-0.2, 0) is 25.7 Å². The molecular formula is C76H80N8O20. The number of hydrogen-bond acceptors (Lipinski definition) is 20. The summed E-state index contributed by atoms with van der Waals surface area (Å²) in [4.78, 5) is 101. The number of nitro groups is 4. The van der Waals surface area contributed by atoms with E-state index in [0.29, 0.717) is 93.2 Å². The molecule has 0 atom stereocenters. The molecule has 9 rings (SSSR count). The lowest BCUT2D eigenvalue weighted by atomic mass is 9.90. The van der Waals surface area contributed by atoms with Crippen LogP contribution in [0.15, 0.2) is 146 Å². The molecule has 8 aromatic rings. The van der Waals surface area contributed by atoms with Crippen LogP contribution in [0.25, 0.3) is 0 Å². The maximum Gasteiger partial charge on any atom is 0.417 e. The van der Waals surface area contributed by atoms with Crippen LogP contribution < -0.4 is 59.2 Å². The fraction of sp³-hybridized carbons (Fsp3) is 0.316. The highest BCUT2D eigenvalue weighted by Crippen LogP contribution is 2.44. The third-order valence-corrected chi connectivity index (χ3v) is 16.5. The van der Waals surface area contributed by atoms with Crippen LogP contribution in [-0.4, -0.2) is 70.5 Å². The number of benzene rings is 8. The molecule has 28 heteroatoms. The van der Waals surface area contributed by atoms with Crippen LogP contribution in [0, 0.1) is 40.5 Å². The van der Waals surface area contributed by atoms with E-state index in [9.17, 15) is 59.6 Å². The summed E-state index contributed by atoms with van der Waals surface area (Å²) in [5, 5.41) is 57.9. The highest BCUT2D eigenvalue weighted by atomic mass is 16.6. The Morgan fingerprint density at radius 2 is 0.471 bits per heavy atom. The van der Waals surface area contributed by atoms with E-state index in [2.05, 4.69) is 49.0 Å². The number of nitrogens with zero attached hydrogens (tertiary/aromatic N) is 4. The lowest BCUT2D eigenvalue weighted by Crippen LogP contribution is -2.19. The number of carbonyl (C=O) groups is 4. The summed E-state index contributed by atoms with van der Waals surface area (Å²) < 4.78 is 50.9. The Morgan fingerprint density at radius 1 is 0.298 bits per heavy atom. The Labute approximate surface area is 598 Å². The van der Waals surface area contributed by atoms with Crippen LogP contribution >= 0.6 is 0 Å². The van der Waals surface area contributed by atoms with E-state index in [1.165, 1.54) is 97.1 Å². The first-order valence-electron chi connectivity index (χ1n) is 34.3. The monoisotopic (exact) mass is 1420 g/mol. The molecule has 0 saturated carbocycles. The molecule has 0 heterocycles. The maximum atomic E-state index is 14.2. The van der Waals surface area contributed by atoms with Gasteiger partial charge < -0.3 is 37.9 Å². The Bertz CT molecular complexity index is 3730. The zero-order valence-corrected chi connectivity index (χ0v) is 58.0. The number of amides is 4. The van der Waals surface area contributed by atoms with Crippen molar-refractivity contribution >= 4 is 69.9 Å². The normalized spacial score (nSPS) is 11.4. The first-order chi connectivity index (χ1) is 50.3. The first kappa shape index (κ1) is 75.8. The summed E-state index contributed by atoms with van der Waals surface area (Å²) in [5.41, 5.74) is 3.78. The van der Waals surface area contributed by atoms with Gasteiger partial charge in [-0.25, -0.2) is 19.2 Å². The molecule has 8 bridgehead atoms. The summed E-state index contributed by atoms with van der Waals surface area (Å²) in [7, 11) is 0. The molecule has 0 radical (unpaired) electrons. The summed E-state index contributed by atoms with van der Waals surface area (Å²) in [6.45, 7) is 9.11. The van der Waals surface area contributed by atoms with Gasteiger partial charge in [0.2, 0.25) is 0 Å². The number of rotatable bonds is 32. The smallest absolute Gasteiger partial charge is 0.417 e. The number of nitrogens with one attached hydrogen (secondary N) is 4. The van der Waals surface area contributed by atoms with Gasteiger partial charge >= 0.3 is 24.4 Å². The second kappa shape index (κ2) is 37.4. The van der Waals surface area contributed by atoms with Gasteiger partial charge in [0.15, 0.2) is 0 Å². The number of hydrogen-bond donors (Lipinski definition) is 4. The Balaban J connectivity index is 1.32. The SMILES string of the molecule is CCCCCOc1c2cc(NC(=O)Oc3ccc([N+](=O)[O-])cc3)cc1Cc1cc(NC(=O)Oc3ccc([N+](=O)[O-])cc3)cc(c1OCCCCC)Cc1cc(NC(=O)Oc3ccc([N+](=O)[O-])cc3)cc(c1OCCCCC)Cc1cc(NC(=O)Oc3ccc([N+](=O)[O-])cc3)cc(c1OCCCCC)C2. The zero-order chi connectivity index (χ0) is 74.1. The van der Waals surface area contributed by atoms with Gasteiger partial charge in [0.05, 0.1) is 46.1 Å². The van der Waals surface area contributed by atoms with Gasteiger partial charge in [-0.05, 0) is 123 Å². The molecule has 104 heavy (non-hydrogen) atoms. The predicted molar refractivity (Wildman–Crippen MR) is 388 cm³/mol. The highest BCUT2D eigenvalue weighted by Gasteiger charge is 2.28. The van der Waals surface area contributed by atoms with Crippen LogP contribution in [0.3, 0.4) is 0 Å². The topological polar surface area (TPSA) is 363 Å².